The summed E-state index contributed by atoms with van der Waals surface area (Å²) in [5.74, 6) is 1.19. The second-order valence-corrected chi connectivity index (χ2v) is 6.96. The molecule has 0 saturated heterocycles. The van der Waals surface area contributed by atoms with Crippen LogP contribution in [-0.2, 0) is 11.2 Å². The highest BCUT2D eigenvalue weighted by Gasteiger charge is 2.21. The van der Waals surface area contributed by atoms with Crippen molar-refractivity contribution in [2.75, 3.05) is 20.3 Å². The van der Waals surface area contributed by atoms with Gasteiger partial charge in [0.15, 0.2) is 0 Å². The van der Waals surface area contributed by atoms with Gasteiger partial charge >= 0.3 is 0 Å². The summed E-state index contributed by atoms with van der Waals surface area (Å²) in [5.41, 5.74) is 5.32. The van der Waals surface area contributed by atoms with Crippen LogP contribution in [0.5, 0.6) is 0 Å². The molecule has 1 N–H and O–H groups in total. The summed E-state index contributed by atoms with van der Waals surface area (Å²) in [7, 11) is 1.74. The molecule has 0 unspecified atom stereocenters. The van der Waals surface area contributed by atoms with Crippen molar-refractivity contribution in [2.24, 2.45) is 5.92 Å². The third kappa shape index (κ3) is 4.25. The van der Waals surface area contributed by atoms with Gasteiger partial charge in [0.1, 0.15) is 0 Å². The monoisotopic (exact) mass is 324 g/mol. The molecule has 1 aliphatic carbocycles. The third-order valence-corrected chi connectivity index (χ3v) is 5.37. The Hall–Kier alpha value is -1.64. The van der Waals surface area contributed by atoms with Gasteiger partial charge in [0.2, 0.25) is 0 Å². The van der Waals surface area contributed by atoms with Gasteiger partial charge in [-0.25, -0.2) is 0 Å². The van der Waals surface area contributed by atoms with Gasteiger partial charge in [0.05, 0.1) is 6.61 Å². The minimum atomic E-state index is 0.353. The second-order valence-electron chi connectivity index (χ2n) is 6.96. The lowest BCUT2D eigenvalue weighted by molar-refractivity contribution is 0.182. The zero-order valence-corrected chi connectivity index (χ0v) is 14.6. The molecule has 2 aromatic rings. The summed E-state index contributed by atoms with van der Waals surface area (Å²) in [6.45, 7) is 1.12. The van der Waals surface area contributed by atoms with Crippen molar-refractivity contribution >= 4 is 0 Å². The maximum atomic E-state index is 9.27. The van der Waals surface area contributed by atoms with Gasteiger partial charge in [-0.3, -0.25) is 0 Å². The molecule has 0 aliphatic heterocycles. The minimum absolute atomic E-state index is 0.353. The van der Waals surface area contributed by atoms with Crippen LogP contribution in [0.1, 0.15) is 42.7 Å². The Balaban J connectivity index is 1.64. The van der Waals surface area contributed by atoms with E-state index in [-0.39, 0.29) is 0 Å². The molecule has 0 bridgehead atoms. The van der Waals surface area contributed by atoms with Crippen molar-refractivity contribution in [3.63, 3.8) is 0 Å². The molecule has 0 radical (unpaired) electrons. The van der Waals surface area contributed by atoms with Crippen molar-refractivity contribution in [1.29, 1.82) is 0 Å². The van der Waals surface area contributed by atoms with Gasteiger partial charge in [0, 0.05) is 13.7 Å². The van der Waals surface area contributed by atoms with Crippen molar-refractivity contribution in [2.45, 2.75) is 38.0 Å². The van der Waals surface area contributed by atoms with Crippen molar-refractivity contribution < 1.29 is 9.84 Å². The normalized spacial score (nSPS) is 20.9. The predicted octanol–water partition coefficient (Wildman–Crippen LogP) is 4.81. The van der Waals surface area contributed by atoms with E-state index in [2.05, 4.69) is 48.5 Å². The molecule has 128 valence electrons. The summed E-state index contributed by atoms with van der Waals surface area (Å²) in [4.78, 5) is 0. The number of hydrogen-bond donors (Lipinski definition) is 1. The summed E-state index contributed by atoms with van der Waals surface area (Å²) >= 11 is 0. The minimum Gasteiger partial charge on any atom is -0.396 e. The summed E-state index contributed by atoms with van der Waals surface area (Å²) < 4.78 is 5.13. The van der Waals surface area contributed by atoms with Gasteiger partial charge in [-0.2, -0.15) is 0 Å². The molecule has 0 heterocycles. The maximum absolute atomic E-state index is 9.27. The number of methoxy groups -OCH3 is 1. The quantitative estimate of drug-likeness (QED) is 0.826. The number of ether oxygens (including phenoxy) is 1. The summed E-state index contributed by atoms with van der Waals surface area (Å²) in [6, 6.07) is 17.9. The molecular weight excluding hydrogens is 296 g/mol. The molecule has 2 heteroatoms. The van der Waals surface area contributed by atoms with Gasteiger partial charge in [-0.1, -0.05) is 48.5 Å². The summed E-state index contributed by atoms with van der Waals surface area (Å²) in [6.07, 6.45) is 5.70. The highest BCUT2D eigenvalue weighted by atomic mass is 16.5. The fraction of sp³-hybridized carbons (Fsp3) is 0.455. The Bertz CT molecular complexity index is 607. The zero-order chi connectivity index (χ0) is 16.8. The molecule has 2 nitrogen and oxygen atoms in total. The van der Waals surface area contributed by atoms with Crippen molar-refractivity contribution in [1.82, 2.24) is 0 Å². The lowest BCUT2D eigenvalue weighted by Crippen LogP contribution is -2.15. The Labute approximate surface area is 145 Å². The van der Waals surface area contributed by atoms with Crippen LogP contribution in [0.15, 0.2) is 48.5 Å². The lowest BCUT2D eigenvalue weighted by atomic mass is 9.79. The first-order chi connectivity index (χ1) is 11.8. The van der Waals surface area contributed by atoms with E-state index in [9.17, 15) is 5.11 Å². The molecular formula is C22H28O2. The van der Waals surface area contributed by atoms with Crippen LogP contribution in [0.25, 0.3) is 11.1 Å². The van der Waals surface area contributed by atoms with E-state index >= 15 is 0 Å². The number of hydrogen-bond acceptors (Lipinski definition) is 2. The average molecular weight is 324 g/mol. The largest absolute Gasteiger partial charge is 0.396 e. The predicted molar refractivity (Wildman–Crippen MR) is 99.2 cm³/mol. The van der Waals surface area contributed by atoms with E-state index < -0.39 is 0 Å². The maximum Gasteiger partial charge on any atom is 0.0502 e. The van der Waals surface area contributed by atoms with Crippen LogP contribution in [0, 0.1) is 5.92 Å². The number of benzene rings is 2. The Morgan fingerprint density at radius 1 is 0.875 bits per heavy atom. The molecule has 0 atom stereocenters. The lowest BCUT2D eigenvalue weighted by Gasteiger charge is -2.27. The fourth-order valence-corrected chi connectivity index (χ4v) is 3.71. The molecule has 1 saturated carbocycles. The summed E-state index contributed by atoms with van der Waals surface area (Å²) in [5, 5.41) is 9.27. The average Bonchev–Trinajstić information content (AvgIpc) is 2.67. The molecule has 0 aromatic heterocycles. The van der Waals surface area contributed by atoms with Crippen LogP contribution >= 0.6 is 0 Å². The second kappa shape index (κ2) is 8.46. The Kier molecular flexibility index (Phi) is 6.06. The van der Waals surface area contributed by atoms with E-state index in [1.165, 1.54) is 35.1 Å². The van der Waals surface area contributed by atoms with Crippen LogP contribution < -0.4 is 0 Å². The number of aliphatic hydroxyl groups excluding tert-OH is 1. The van der Waals surface area contributed by atoms with E-state index in [1.54, 1.807) is 7.11 Å². The van der Waals surface area contributed by atoms with Crippen LogP contribution in [0.2, 0.25) is 0 Å². The number of rotatable bonds is 6. The van der Waals surface area contributed by atoms with Gasteiger partial charge in [-0.15, -0.1) is 0 Å². The fourth-order valence-electron chi connectivity index (χ4n) is 3.71. The van der Waals surface area contributed by atoms with Crippen LogP contribution in [0.4, 0.5) is 0 Å². The Morgan fingerprint density at radius 3 is 2.00 bits per heavy atom. The van der Waals surface area contributed by atoms with Gasteiger partial charge < -0.3 is 9.84 Å². The molecule has 24 heavy (non-hydrogen) atoms. The van der Waals surface area contributed by atoms with Gasteiger partial charge in [-0.05, 0) is 66.2 Å². The third-order valence-electron chi connectivity index (χ3n) is 5.37. The first-order valence-corrected chi connectivity index (χ1v) is 9.09. The highest BCUT2D eigenvalue weighted by molar-refractivity contribution is 5.64. The molecule has 1 aliphatic rings. The first-order valence-electron chi connectivity index (χ1n) is 9.09. The van der Waals surface area contributed by atoms with E-state index in [4.69, 9.17) is 4.74 Å². The van der Waals surface area contributed by atoms with Crippen molar-refractivity contribution in [3.8, 4) is 11.1 Å². The van der Waals surface area contributed by atoms with Crippen molar-refractivity contribution in [3.05, 3.63) is 59.7 Å². The molecule has 1 fully saturated rings. The smallest absolute Gasteiger partial charge is 0.0502 e. The van der Waals surface area contributed by atoms with E-state index in [0.717, 1.165) is 25.9 Å². The Morgan fingerprint density at radius 2 is 1.46 bits per heavy atom. The standard InChI is InChI=1S/C22H28O2/c1-24-15-14-17-2-6-19(7-3-17)21-10-12-22(13-11-21)20-8-4-18(16-23)5-9-20/h2-3,6-7,10-13,18,20,23H,4-5,8-9,14-16H2,1H3. The van der Waals surface area contributed by atoms with E-state index in [1.807, 2.05) is 0 Å². The first kappa shape index (κ1) is 17.2. The van der Waals surface area contributed by atoms with Gasteiger partial charge in [0.25, 0.3) is 0 Å². The zero-order valence-electron chi connectivity index (χ0n) is 14.6. The van der Waals surface area contributed by atoms with Crippen LogP contribution in [0.3, 0.4) is 0 Å². The molecule has 2 aromatic carbocycles. The molecule has 0 amide bonds. The highest BCUT2D eigenvalue weighted by Crippen LogP contribution is 2.36. The van der Waals surface area contributed by atoms with Crippen LogP contribution in [-0.4, -0.2) is 25.4 Å². The molecule has 0 spiro atoms. The number of aliphatic hydroxyl groups is 1. The molecule has 3 rings (SSSR count). The van der Waals surface area contributed by atoms with E-state index in [0.29, 0.717) is 18.4 Å². The SMILES string of the molecule is COCCc1ccc(-c2ccc(C3CCC(CO)CC3)cc2)cc1. The topological polar surface area (TPSA) is 29.5 Å².